The lowest BCUT2D eigenvalue weighted by atomic mass is 9.95. The third kappa shape index (κ3) is 5.34. The van der Waals surface area contributed by atoms with Crippen molar-refractivity contribution in [3.8, 4) is 0 Å². The molecule has 1 aromatic rings. The fourth-order valence-corrected chi connectivity index (χ4v) is 2.98. The van der Waals surface area contributed by atoms with Crippen molar-refractivity contribution in [2.45, 2.75) is 57.6 Å². The number of hydrogen-bond donors (Lipinski definition) is 2. The first-order chi connectivity index (χ1) is 10.7. The van der Waals surface area contributed by atoms with E-state index in [2.05, 4.69) is 5.32 Å². The van der Waals surface area contributed by atoms with Gasteiger partial charge in [0.25, 0.3) is 0 Å². The minimum Gasteiger partial charge on any atom is -0.391 e. The monoisotopic (exact) mass is 304 g/mol. The van der Waals surface area contributed by atoms with E-state index >= 15 is 0 Å². The van der Waals surface area contributed by atoms with E-state index in [1.54, 1.807) is 0 Å². The van der Waals surface area contributed by atoms with E-state index in [9.17, 15) is 9.90 Å². The topological polar surface area (TPSA) is 52.6 Å². The molecule has 1 unspecified atom stereocenters. The zero-order chi connectivity index (χ0) is 15.8. The molecule has 1 amide bonds. The van der Waals surface area contributed by atoms with E-state index < -0.39 is 6.10 Å². The molecule has 1 atom stereocenters. The molecule has 2 N–H and O–H groups in total. The number of aliphatic hydroxyl groups excluding tert-OH is 1. The predicted molar refractivity (Wildman–Crippen MR) is 90.0 cm³/mol. The van der Waals surface area contributed by atoms with Crippen molar-refractivity contribution in [1.82, 2.24) is 5.32 Å². The van der Waals surface area contributed by atoms with Gasteiger partial charge in [-0.05, 0) is 31.4 Å². The SMILES string of the molecule is CCC(O)CN(CC(=O)NC1CCCCC1)c1ccccc1. The first-order valence-electron chi connectivity index (χ1n) is 8.46. The Bertz CT molecular complexity index is 444. The fraction of sp³-hybridized carbons (Fsp3) is 0.611. The molecule has 2 rings (SSSR count). The first kappa shape index (κ1) is 16.8. The van der Waals surface area contributed by atoms with Gasteiger partial charge < -0.3 is 15.3 Å². The lowest BCUT2D eigenvalue weighted by molar-refractivity contribution is -0.120. The van der Waals surface area contributed by atoms with Crippen molar-refractivity contribution in [3.05, 3.63) is 30.3 Å². The number of rotatable bonds is 7. The second-order valence-electron chi connectivity index (χ2n) is 6.18. The number of nitrogens with one attached hydrogen (secondary N) is 1. The number of anilines is 1. The van der Waals surface area contributed by atoms with Crippen LogP contribution in [0.3, 0.4) is 0 Å². The maximum atomic E-state index is 12.3. The van der Waals surface area contributed by atoms with Gasteiger partial charge in [-0.1, -0.05) is 44.4 Å². The summed E-state index contributed by atoms with van der Waals surface area (Å²) in [6, 6.07) is 10.2. The van der Waals surface area contributed by atoms with Gasteiger partial charge in [-0.3, -0.25) is 4.79 Å². The van der Waals surface area contributed by atoms with Gasteiger partial charge in [-0.15, -0.1) is 0 Å². The fourth-order valence-electron chi connectivity index (χ4n) is 2.98. The van der Waals surface area contributed by atoms with E-state index in [0.29, 0.717) is 25.6 Å². The lowest BCUT2D eigenvalue weighted by Crippen LogP contribution is -2.44. The standard InChI is InChI=1S/C18H28N2O2/c1-2-17(21)13-20(16-11-7-4-8-12-16)14-18(22)19-15-9-5-3-6-10-15/h4,7-8,11-12,15,17,21H,2-3,5-6,9-10,13-14H2,1H3,(H,19,22). The van der Waals surface area contributed by atoms with E-state index in [0.717, 1.165) is 18.5 Å². The van der Waals surface area contributed by atoms with E-state index in [1.807, 2.05) is 42.2 Å². The van der Waals surface area contributed by atoms with Gasteiger partial charge in [0.2, 0.25) is 5.91 Å². The Morgan fingerprint density at radius 3 is 2.59 bits per heavy atom. The van der Waals surface area contributed by atoms with Crippen LogP contribution in [0.4, 0.5) is 5.69 Å². The molecular formula is C18H28N2O2. The van der Waals surface area contributed by atoms with Gasteiger partial charge in [0.15, 0.2) is 0 Å². The van der Waals surface area contributed by atoms with Crippen LogP contribution < -0.4 is 10.2 Å². The normalized spacial score (nSPS) is 17.0. The Morgan fingerprint density at radius 2 is 1.95 bits per heavy atom. The number of para-hydroxylation sites is 1. The highest BCUT2D eigenvalue weighted by Gasteiger charge is 2.19. The highest BCUT2D eigenvalue weighted by Crippen LogP contribution is 2.18. The summed E-state index contributed by atoms with van der Waals surface area (Å²) in [6.45, 7) is 2.74. The van der Waals surface area contributed by atoms with Crippen molar-refractivity contribution < 1.29 is 9.90 Å². The summed E-state index contributed by atoms with van der Waals surface area (Å²) in [5.74, 6) is 0.0547. The minimum atomic E-state index is -0.414. The molecule has 0 saturated heterocycles. The number of carbonyl (C=O) groups is 1. The number of aliphatic hydroxyl groups is 1. The molecule has 1 aliphatic rings. The molecule has 0 aliphatic heterocycles. The number of amides is 1. The number of nitrogens with zero attached hydrogens (tertiary/aromatic N) is 1. The Morgan fingerprint density at radius 1 is 1.27 bits per heavy atom. The number of carbonyl (C=O) groups excluding carboxylic acids is 1. The van der Waals surface area contributed by atoms with E-state index in [4.69, 9.17) is 0 Å². The van der Waals surface area contributed by atoms with Gasteiger partial charge in [-0.25, -0.2) is 0 Å². The van der Waals surface area contributed by atoms with Crippen LogP contribution in [0.5, 0.6) is 0 Å². The molecule has 0 radical (unpaired) electrons. The molecule has 1 aromatic carbocycles. The van der Waals surface area contributed by atoms with Crippen LogP contribution in [0, 0.1) is 0 Å². The second kappa shape index (κ2) is 8.79. The molecule has 1 saturated carbocycles. The Kier molecular flexibility index (Phi) is 6.72. The van der Waals surface area contributed by atoms with Gasteiger partial charge in [0.1, 0.15) is 0 Å². The third-order valence-corrected chi connectivity index (χ3v) is 4.33. The van der Waals surface area contributed by atoms with E-state index in [-0.39, 0.29) is 5.91 Å². The zero-order valence-electron chi connectivity index (χ0n) is 13.5. The van der Waals surface area contributed by atoms with Gasteiger partial charge in [0, 0.05) is 18.3 Å². The van der Waals surface area contributed by atoms with Crippen molar-refractivity contribution >= 4 is 11.6 Å². The van der Waals surface area contributed by atoms with Crippen LogP contribution in [-0.4, -0.2) is 36.2 Å². The quantitative estimate of drug-likeness (QED) is 0.814. The molecule has 1 aliphatic carbocycles. The lowest BCUT2D eigenvalue weighted by Gasteiger charge is -2.28. The average molecular weight is 304 g/mol. The van der Waals surface area contributed by atoms with Crippen molar-refractivity contribution in [2.24, 2.45) is 0 Å². The van der Waals surface area contributed by atoms with Crippen molar-refractivity contribution in [3.63, 3.8) is 0 Å². The summed E-state index contributed by atoms with van der Waals surface area (Å²) >= 11 is 0. The van der Waals surface area contributed by atoms with Gasteiger partial charge in [-0.2, -0.15) is 0 Å². The van der Waals surface area contributed by atoms with Crippen molar-refractivity contribution in [1.29, 1.82) is 0 Å². The summed E-state index contributed by atoms with van der Waals surface area (Å²) < 4.78 is 0. The summed E-state index contributed by atoms with van der Waals surface area (Å²) in [6.07, 6.45) is 6.16. The first-order valence-corrected chi connectivity index (χ1v) is 8.46. The highest BCUT2D eigenvalue weighted by molar-refractivity contribution is 5.81. The van der Waals surface area contributed by atoms with E-state index in [1.165, 1.54) is 19.3 Å². The number of hydrogen-bond acceptors (Lipinski definition) is 3. The third-order valence-electron chi connectivity index (χ3n) is 4.33. The Hall–Kier alpha value is -1.55. The Labute approximate surface area is 133 Å². The molecular weight excluding hydrogens is 276 g/mol. The van der Waals surface area contributed by atoms with Crippen LogP contribution in [0.25, 0.3) is 0 Å². The van der Waals surface area contributed by atoms with Crippen LogP contribution in [-0.2, 0) is 4.79 Å². The molecule has 1 fully saturated rings. The summed E-state index contributed by atoms with van der Waals surface area (Å²) in [4.78, 5) is 14.3. The largest absolute Gasteiger partial charge is 0.391 e. The molecule has 4 nitrogen and oxygen atoms in total. The summed E-state index contributed by atoms with van der Waals surface area (Å²) in [7, 11) is 0. The average Bonchev–Trinajstić information content (AvgIpc) is 2.55. The van der Waals surface area contributed by atoms with Gasteiger partial charge >= 0.3 is 0 Å². The van der Waals surface area contributed by atoms with Crippen molar-refractivity contribution in [2.75, 3.05) is 18.0 Å². The highest BCUT2D eigenvalue weighted by atomic mass is 16.3. The van der Waals surface area contributed by atoms with Gasteiger partial charge in [0.05, 0.1) is 12.6 Å². The minimum absolute atomic E-state index is 0.0547. The summed E-state index contributed by atoms with van der Waals surface area (Å²) in [5.41, 5.74) is 0.980. The molecule has 22 heavy (non-hydrogen) atoms. The van der Waals surface area contributed by atoms with Crippen LogP contribution >= 0.6 is 0 Å². The smallest absolute Gasteiger partial charge is 0.239 e. The summed E-state index contributed by atoms with van der Waals surface area (Å²) in [5, 5.41) is 13.1. The molecule has 0 heterocycles. The maximum Gasteiger partial charge on any atom is 0.239 e. The second-order valence-corrected chi connectivity index (χ2v) is 6.18. The molecule has 0 bridgehead atoms. The molecule has 122 valence electrons. The molecule has 0 aromatic heterocycles. The molecule has 4 heteroatoms. The zero-order valence-corrected chi connectivity index (χ0v) is 13.5. The molecule has 0 spiro atoms. The van der Waals surface area contributed by atoms with Crippen LogP contribution in [0.15, 0.2) is 30.3 Å². The maximum absolute atomic E-state index is 12.3. The Balaban J connectivity index is 1.94. The predicted octanol–water partition coefficient (Wildman–Crippen LogP) is 2.71. The van der Waals surface area contributed by atoms with Crippen LogP contribution in [0.1, 0.15) is 45.4 Å². The number of benzene rings is 1. The van der Waals surface area contributed by atoms with Crippen LogP contribution in [0.2, 0.25) is 0 Å².